The van der Waals surface area contributed by atoms with Crippen LogP contribution in [-0.4, -0.2) is 5.11 Å². The van der Waals surface area contributed by atoms with Crippen LogP contribution in [0.4, 0.5) is 13.2 Å². The average molecular weight is 386 g/mol. The van der Waals surface area contributed by atoms with E-state index in [4.69, 9.17) is 11.6 Å². The number of rotatable bonds is 3. The summed E-state index contributed by atoms with van der Waals surface area (Å²) in [6, 6.07) is 6.41. The Morgan fingerprint density at radius 2 is 1.85 bits per heavy atom. The molecule has 1 unspecified atom stereocenters. The average Bonchev–Trinajstić information content (AvgIpc) is 2.69. The highest BCUT2D eigenvalue weighted by Gasteiger charge is 2.30. The maximum atomic E-state index is 12.4. The van der Waals surface area contributed by atoms with Crippen molar-refractivity contribution in [1.29, 1.82) is 0 Å². The molecule has 2 aromatic rings. The third-order valence-electron chi connectivity index (χ3n) is 2.70. The molecule has 2 rings (SSSR count). The quantitative estimate of drug-likeness (QED) is 0.744. The van der Waals surface area contributed by atoms with Gasteiger partial charge in [0.15, 0.2) is 0 Å². The van der Waals surface area contributed by atoms with Crippen molar-refractivity contribution in [2.24, 2.45) is 0 Å². The lowest BCUT2D eigenvalue weighted by Crippen LogP contribution is -2.05. The lowest BCUT2D eigenvalue weighted by Gasteiger charge is -2.10. The fourth-order valence-electron chi connectivity index (χ4n) is 1.68. The highest BCUT2D eigenvalue weighted by Crippen LogP contribution is 2.36. The van der Waals surface area contributed by atoms with E-state index in [2.05, 4.69) is 15.9 Å². The Labute approximate surface area is 131 Å². The van der Waals surface area contributed by atoms with Gasteiger partial charge in [0.2, 0.25) is 0 Å². The minimum atomic E-state index is -4.34. The van der Waals surface area contributed by atoms with E-state index in [9.17, 15) is 18.3 Å². The molecule has 1 aromatic carbocycles. The molecule has 108 valence electrons. The van der Waals surface area contributed by atoms with Gasteiger partial charge in [0.05, 0.1) is 20.5 Å². The monoisotopic (exact) mass is 384 g/mol. The van der Waals surface area contributed by atoms with Crippen LogP contribution in [0.3, 0.4) is 0 Å². The minimum Gasteiger partial charge on any atom is -0.387 e. The zero-order valence-electron chi connectivity index (χ0n) is 9.92. The van der Waals surface area contributed by atoms with Crippen LogP contribution in [0.5, 0.6) is 0 Å². The second-order valence-corrected chi connectivity index (χ2v) is 6.99. The molecule has 0 aliphatic rings. The van der Waals surface area contributed by atoms with E-state index >= 15 is 0 Å². The van der Waals surface area contributed by atoms with Crippen LogP contribution in [0.15, 0.2) is 34.1 Å². The molecule has 1 nitrogen and oxygen atoms in total. The molecule has 20 heavy (non-hydrogen) atoms. The predicted octanol–water partition coefficient (Wildman–Crippen LogP) is 5.46. The first-order chi connectivity index (χ1) is 9.27. The van der Waals surface area contributed by atoms with Gasteiger partial charge >= 0.3 is 6.18 Å². The normalized spacial score (nSPS) is 13.5. The van der Waals surface area contributed by atoms with E-state index in [1.54, 1.807) is 6.07 Å². The van der Waals surface area contributed by atoms with Gasteiger partial charge in [-0.15, -0.1) is 11.3 Å². The Bertz CT molecular complexity index is 575. The number of hydrogen-bond donors (Lipinski definition) is 1. The summed E-state index contributed by atoms with van der Waals surface area (Å²) >= 11 is 10.4. The fraction of sp³-hybridized carbons (Fsp3) is 0.231. The van der Waals surface area contributed by atoms with Crippen molar-refractivity contribution in [3.05, 3.63) is 55.1 Å². The zero-order chi connectivity index (χ0) is 14.9. The third kappa shape index (κ3) is 3.75. The topological polar surface area (TPSA) is 20.2 Å². The highest BCUT2D eigenvalue weighted by molar-refractivity contribution is 9.11. The third-order valence-corrected chi connectivity index (χ3v) is 5.28. The van der Waals surface area contributed by atoms with Crippen molar-refractivity contribution in [1.82, 2.24) is 0 Å². The van der Waals surface area contributed by atoms with Crippen LogP contribution in [0.2, 0.25) is 5.02 Å². The summed E-state index contributed by atoms with van der Waals surface area (Å²) in [6.45, 7) is 0. The SMILES string of the molecule is OC(Cc1ccc(C(F)(F)F)cc1)c1cc(Cl)c(Br)s1. The van der Waals surface area contributed by atoms with Gasteiger partial charge in [-0.1, -0.05) is 23.7 Å². The summed E-state index contributed by atoms with van der Waals surface area (Å²) in [5.41, 5.74) is -0.0659. The van der Waals surface area contributed by atoms with Gasteiger partial charge in [-0.2, -0.15) is 13.2 Å². The maximum Gasteiger partial charge on any atom is 0.416 e. The molecule has 0 aliphatic carbocycles. The summed E-state index contributed by atoms with van der Waals surface area (Å²) in [7, 11) is 0. The number of halogens is 5. The second kappa shape index (κ2) is 6.05. The molecule has 0 bridgehead atoms. The summed E-state index contributed by atoms with van der Waals surface area (Å²) in [4.78, 5) is 0.668. The number of alkyl halides is 3. The molecule has 1 heterocycles. The standard InChI is InChI=1S/C13H9BrClF3OS/c14-12-9(15)6-11(20-12)10(19)5-7-1-3-8(4-2-7)13(16,17)18/h1-4,6,10,19H,5H2. The van der Waals surface area contributed by atoms with Crippen molar-refractivity contribution in [2.75, 3.05) is 0 Å². The van der Waals surface area contributed by atoms with Gasteiger partial charge in [0.1, 0.15) is 0 Å². The highest BCUT2D eigenvalue weighted by atomic mass is 79.9. The Balaban J connectivity index is 2.10. The summed E-state index contributed by atoms with van der Waals surface area (Å²) < 4.78 is 38.0. The smallest absolute Gasteiger partial charge is 0.387 e. The molecular weight excluding hydrogens is 377 g/mol. The maximum absolute atomic E-state index is 12.4. The molecule has 0 saturated carbocycles. The van der Waals surface area contributed by atoms with Crippen molar-refractivity contribution in [2.45, 2.75) is 18.7 Å². The van der Waals surface area contributed by atoms with Crippen molar-refractivity contribution >= 4 is 38.9 Å². The molecule has 0 aliphatic heterocycles. The summed E-state index contributed by atoms with van der Waals surface area (Å²) in [5.74, 6) is 0. The number of aliphatic hydroxyl groups is 1. The van der Waals surface area contributed by atoms with Crippen LogP contribution in [-0.2, 0) is 12.6 Å². The van der Waals surface area contributed by atoms with E-state index in [0.29, 0.717) is 15.5 Å². The van der Waals surface area contributed by atoms with Crippen LogP contribution in [0.25, 0.3) is 0 Å². The number of thiophene rings is 1. The summed E-state index contributed by atoms with van der Waals surface area (Å²) in [5, 5.41) is 10.6. The molecule has 7 heteroatoms. The van der Waals surface area contributed by atoms with Crippen LogP contribution < -0.4 is 0 Å². The second-order valence-electron chi connectivity index (χ2n) is 4.19. The van der Waals surface area contributed by atoms with Crippen molar-refractivity contribution in [3.63, 3.8) is 0 Å². The summed E-state index contributed by atoms with van der Waals surface area (Å²) in [6.07, 6.45) is -4.90. The molecule has 0 radical (unpaired) electrons. The largest absolute Gasteiger partial charge is 0.416 e. The van der Waals surface area contributed by atoms with Gasteiger partial charge in [0.25, 0.3) is 0 Å². The fourth-order valence-corrected chi connectivity index (χ4v) is 3.41. The van der Waals surface area contributed by atoms with E-state index in [-0.39, 0.29) is 6.42 Å². The first-order valence-electron chi connectivity index (χ1n) is 5.56. The molecule has 0 saturated heterocycles. The molecule has 0 fully saturated rings. The van der Waals surface area contributed by atoms with E-state index in [1.807, 2.05) is 0 Å². The van der Waals surface area contributed by atoms with Crippen molar-refractivity contribution in [3.8, 4) is 0 Å². The first-order valence-corrected chi connectivity index (χ1v) is 7.55. The lowest BCUT2D eigenvalue weighted by molar-refractivity contribution is -0.137. The number of hydrogen-bond acceptors (Lipinski definition) is 2. The Morgan fingerprint density at radius 3 is 2.30 bits per heavy atom. The van der Waals surface area contributed by atoms with Gasteiger partial charge in [-0.3, -0.25) is 0 Å². The molecule has 0 amide bonds. The van der Waals surface area contributed by atoms with E-state index < -0.39 is 17.8 Å². The van der Waals surface area contributed by atoms with Gasteiger partial charge in [-0.25, -0.2) is 0 Å². The Hall–Kier alpha value is -0.560. The molecule has 1 atom stereocenters. The lowest BCUT2D eigenvalue weighted by atomic mass is 10.0. The van der Waals surface area contributed by atoms with Crippen LogP contribution >= 0.6 is 38.9 Å². The van der Waals surface area contributed by atoms with Gasteiger partial charge < -0.3 is 5.11 Å². The Kier molecular flexibility index (Phi) is 4.79. The Morgan fingerprint density at radius 1 is 1.25 bits per heavy atom. The molecule has 1 N–H and O–H groups in total. The van der Waals surface area contributed by atoms with Gasteiger partial charge in [-0.05, 0) is 39.7 Å². The molecule has 0 spiro atoms. The number of aliphatic hydroxyl groups excluding tert-OH is 1. The van der Waals surface area contributed by atoms with Gasteiger partial charge in [0, 0.05) is 11.3 Å². The minimum absolute atomic E-state index is 0.238. The number of benzene rings is 1. The molecular formula is C13H9BrClF3OS. The van der Waals surface area contributed by atoms with Crippen molar-refractivity contribution < 1.29 is 18.3 Å². The van der Waals surface area contributed by atoms with Crippen LogP contribution in [0, 0.1) is 0 Å². The van der Waals surface area contributed by atoms with E-state index in [0.717, 1.165) is 15.9 Å². The van der Waals surface area contributed by atoms with E-state index in [1.165, 1.54) is 23.5 Å². The van der Waals surface area contributed by atoms with Crippen LogP contribution in [0.1, 0.15) is 22.1 Å². The predicted molar refractivity (Wildman–Crippen MR) is 77.1 cm³/mol. The zero-order valence-corrected chi connectivity index (χ0v) is 13.1. The molecule has 1 aromatic heterocycles. The first kappa shape index (κ1) is 15.8.